The van der Waals surface area contributed by atoms with E-state index in [1.807, 2.05) is 67.6 Å². The molecule has 4 heteroatoms. The van der Waals surface area contributed by atoms with Crippen molar-refractivity contribution in [1.82, 2.24) is 5.32 Å². The van der Waals surface area contributed by atoms with Crippen LogP contribution in [0.25, 0.3) is 0 Å². The molecule has 0 heterocycles. The Morgan fingerprint density at radius 1 is 1.09 bits per heavy atom. The van der Waals surface area contributed by atoms with E-state index in [0.29, 0.717) is 0 Å². The van der Waals surface area contributed by atoms with Crippen LogP contribution >= 0.6 is 0 Å². The predicted molar refractivity (Wildman–Crippen MR) is 85.5 cm³/mol. The van der Waals surface area contributed by atoms with E-state index in [1.54, 1.807) is 0 Å². The molecule has 2 aromatic carbocycles. The molecule has 0 saturated heterocycles. The van der Waals surface area contributed by atoms with Crippen LogP contribution in [0.1, 0.15) is 24.0 Å². The van der Waals surface area contributed by atoms with Crippen molar-refractivity contribution >= 4 is 6.09 Å². The van der Waals surface area contributed by atoms with Crippen molar-refractivity contribution in [3.05, 3.63) is 71.8 Å². The Morgan fingerprint density at radius 2 is 1.68 bits per heavy atom. The number of hydrogen-bond donors (Lipinski definition) is 2. The van der Waals surface area contributed by atoms with Gasteiger partial charge in [0.25, 0.3) is 0 Å². The molecule has 116 valence electrons. The number of ether oxygens (including phenoxy) is 1. The first kappa shape index (κ1) is 16.0. The molecule has 0 saturated carbocycles. The monoisotopic (exact) mass is 299 g/mol. The highest BCUT2D eigenvalue weighted by molar-refractivity contribution is 5.67. The second-order valence-electron chi connectivity index (χ2n) is 5.21. The molecule has 0 fully saturated rings. The van der Waals surface area contributed by atoms with E-state index in [4.69, 9.17) is 4.74 Å². The van der Waals surface area contributed by atoms with Crippen molar-refractivity contribution in [2.24, 2.45) is 0 Å². The first-order valence-electron chi connectivity index (χ1n) is 7.34. The molecule has 0 aromatic heterocycles. The number of carbonyl (C=O) groups is 1. The van der Waals surface area contributed by atoms with Crippen LogP contribution in [0.4, 0.5) is 4.79 Å². The van der Waals surface area contributed by atoms with E-state index in [2.05, 4.69) is 5.32 Å². The molecular weight excluding hydrogens is 278 g/mol. The number of hydrogen-bond acceptors (Lipinski definition) is 3. The lowest BCUT2D eigenvalue weighted by atomic mass is 9.95. The van der Waals surface area contributed by atoms with Crippen molar-refractivity contribution < 1.29 is 14.6 Å². The smallest absolute Gasteiger partial charge is 0.407 e. The van der Waals surface area contributed by atoms with Crippen molar-refractivity contribution in [2.75, 3.05) is 6.54 Å². The molecule has 22 heavy (non-hydrogen) atoms. The zero-order chi connectivity index (χ0) is 15.8. The summed E-state index contributed by atoms with van der Waals surface area (Å²) in [5.41, 5.74) is 1.96. The van der Waals surface area contributed by atoms with Crippen LogP contribution < -0.4 is 5.32 Å². The van der Waals surface area contributed by atoms with Gasteiger partial charge in [-0.2, -0.15) is 0 Å². The van der Waals surface area contributed by atoms with Gasteiger partial charge >= 0.3 is 6.09 Å². The third-order valence-electron chi connectivity index (χ3n) is 3.57. The van der Waals surface area contributed by atoms with E-state index < -0.39 is 12.2 Å². The lowest BCUT2D eigenvalue weighted by molar-refractivity contribution is 0.118. The Morgan fingerprint density at radius 3 is 2.32 bits per heavy atom. The highest BCUT2D eigenvalue weighted by Crippen LogP contribution is 2.18. The fourth-order valence-electron chi connectivity index (χ4n) is 2.12. The lowest BCUT2D eigenvalue weighted by Gasteiger charge is -2.19. The average molecular weight is 299 g/mol. The molecule has 0 bridgehead atoms. The topological polar surface area (TPSA) is 58.6 Å². The van der Waals surface area contributed by atoms with Crippen LogP contribution in [-0.4, -0.2) is 23.8 Å². The van der Waals surface area contributed by atoms with Crippen LogP contribution in [-0.2, 0) is 11.3 Å². The fraction of sp³-hybridized carbons (Fsp3) is 0.278. The number of benzene rings is 2. The van der Waals surface area contributed by atoms with E-state index in [-0.39, 0.29) is 19.1 Å². The Labute approximate surface area is 130 Å². The number of aliphatic hydroxyl groups is 1. The number of alkyl carbamates (subject to hydrolysis) is 1. The van der Waals surface area contributed by atoms with Crippen LogP contribution in [0.2, 0.25) is 0 Å². The minimum Gasteiger partial charge on any atom is -0.445 e. The molecule has 2 unspecified atom stereocenters. The van der Waals surface area contributed by atoms with E-state index in [1.165, 1.54) is 0 Å². The highest BCUT2D eigenvalue weighted by atomic mass is 16.5. The summed E-state index contributed by atoms with van der Waals surface area (Å²) in [7, 11) is 0. The largest absolute Gasteiger partial charge is 0.445 e. The highest BCUT2D eigenvalue weighted by Gasteiger charge is 2.17. The Hall–Kier alpha value is -2.33. The van der Waals surface area contributed by atoms with Crippen LogP contribution in [0.3, 0.4) is 0 Å². The second kappa shape index (κ2) is 8.20. The Kier molecular flexibility index (Phi) is 5.98. The molecule has 0 aliphatic heterocycles. The van der Waals surface area contributed by atoms with E-state index in [0.717, 1.165) is 11.1 Å². The van der Waals surface area contributed by atoms with Gasteiger partial charge in [-0.05, 0) is 11.1 Å². The number of aliphatic hydroxyl groups excluding tert-OH is 1. The van der Waals surface area contributed by atoms with Gasteiger partial charge in [-0.15, -0.1) is 0 Å². The Balaban J connectivity index is 1.74. The number of amides is 1. The van der Waals surface area contributed by atoms with Crippen LogP contribution in [0.15, 0.2) is 60.7 Å². The van der Waals surface area contributed by atoms with Crippen molar-refractivity contribution in [1.29, 1.82) is 0 Å². The predicted octanol–water partition coefficient (Wildman–Crippen LogP) is 3.08. The maximum absolute atomic E-state index is 11.6. The third kappa shape index (κ3) is 4.90. The first-order chi connectivity index (χ1) is 10.7. The van der Waals surface area contributed by atoms with Gasteiger partial charge in [0.1, 0.15) is 6.61 Å². The quantitative estimate of drug-likeness (QED) is 0.862. The molecule has 2 aromatic rings. The minimum absolute atomic E-state index is 0.0596. The number of rotatable bonds is 6. The standard InChI is InChI=1S/C18H21NO3/c1-14(16-10-6-3-7-11-16)17(20)12-19-18(21)22-13-15-8-4-2-5-9-15/h2-11,14,17,20H,12-13H2,1H3,(H,19,21). The molecule has 2 rings (SSSR count). The second-order valence-corrected chi connectivity index (χ2v) is 5.21. The normalized spacial score (nSPS) is 13.2. The number of carbonyl (C=O) groups excluding carboxylic acids is 1. The first-order valence-corrected chi connectivity index (χ1v) is 7.34. The average Bonchev–Trinajstić information content (AvgIpc) is 2.58. The molecule has 0 radical (unpaired) electrons. The van der Waals surface area contributed by atoms with Gasteiger partial charge in [0, 0.05) is 12.5 Å². The molecule has 0 aliphatic rings. The summed E-state index contributed by atoms with van der Waals surface area (Å²) in [4.78, 5) is 11.6. The van der Waals surface area contributed by atoms with Crippen molar-refractivity contribution in [3.8, 4) is 0 Å². The van der Waals surface area contributed by atoms with Gasteiger partial charge in [0.05, 0.1) is 6.10 Å². The van der Waals surface area contributed by atoms with E-state index >= 15 is 0 Å². The maximum atomic E-state index is 11.6. The zero-order valence-corrected chi connectivity index (χ0v) is 12.6. The maximum Gasteiger partial charge on any atom is 0.407 e. The molecular formula is C18H21NO3. The van der Waals surface area contributed by atoms with Crippen LogP contribution in [0.5, 0.6) is 0 Å². The lowest BCUT2D eigenvalue weighted by Crippen LogP contribution is -2.35. The van der Waals surface area contributed by atoms with Crippen molar-refractivity contribution in [3.63, 3.8) is 0 Å². The molecule has 0 spiro atoms. The van der Waals surface area contributed by atoms with Crippen LogP contribution in [0, 0.1) is 0 Å². The van der Waals surface area contributed by atoms with Gasteiger partial charge in [-0.25, -0.2) is 4.79 Å². The fourth-order valence-corrected chi connectivity index (χ4v) is 2.12. The summed E-state index contributed by atoms with van der Waals surface area (Å²) in [6.07, 6.45) is -1.19. The van der Waals surface area contributed by atoms with Gasteiger partial charge in [-0.1, -0.05) is 67.6 Å². The van der Waals surface area contributed by atoms with Gasteiger partial charge in [0.2, 0.25) is 0 Å². The van der Waals surface area contributed by atoms with Crippen molar-refractivity contribution in [2.45, 2.75) is 25.6 Å². The van der Waals surface area contributed by atoms with Gasteiger partial charge in [0.15, 0.2) is 0 Å². The Bertz CT molecular complexity index is 571. The third-order valence-corrected chi connectivity index (χ3v) is 3.57. The molecule has 0 aliphatic carbocycles. The summed E-state index contributed by atoms with van der Waals surface area (Å²) in [5.74, 6) is -0.0596. The molecule has 2 N–H and O–H groups in total. The summed E-state index contributed by atoms with van der Waals surface area (Å²) in [6, 6.07) is 19.2. The summed E-state index contributed by atoms with van der Waals surface area (Å²) >= 11 is 0. The number of nitrogens with one attached hydrogen (secondary N) is 1. The molecule has 2 atom stereocenters. The SMILES string of the molecule is CC(c1ccccc1)C(O)CNC(=O)OCc1ccccc1. The van der Waals surface area contributed by atoms with Gasteiger partial charge < -0.3 is 15.2 Å². The summed E-state index contributed by atoms with van der Waals surface area (Å²) in [6.45, 7) is 2.30. The molecule has 1 amide bonds. The molecule has 4 nitrogen and oxygen atoms in total. The van der Waals surface area contributed by atoms with E-state index in [9.17, 15) is 9.90 Å². The zero-order valence-electron chi connectivity index (χ0n) is 12.6. The minimum atomic E-state index is -0.660. The summed E-state index contributed by atoms with van der Waals surface area (Å²) < 4.78 is 5.10. The summed E-state index contributed by atoms with van der Waals surface area (Å²) in [5, 5.41) is 12.7. The van der Waals surface area contributed by atoms with Gasteiger partial charge in [-0.3, -0.25) is 0 Å².